The predicted molar refractivity (Wildman–Crippen MR) is 76.5 cm³/mol. The van der Waals surface area contributed by atoms with Gasteiger partial charge in [0.1, 0.15) is 5.75 Å². The topological polar surface area (TPSA) is 32.3 Å². The number of phenolic OH excluding ortho intramolecular Hbond substituents is 1. The third kappa shape index (κ3) is 2.83. The third-order valence-corrected chi connectivity index (χ3v) is 2.87. The Morgan fingerprint density at radius 3 is 2.17 bits per heavy atom. The Bertz CT molecular complexity index is 527. The van der Waals surface area contributed by atoms with Crippen LogP contribution in [0.5, 0.6) is 5.75 Å². The lowest BCUT2D eigenvalue weighted by molar-refractivity contribution is 0.447. The standard InChI is InChI=1S/C16H19NO/c1-16(2,3)14-11-13(9-10-15(14)18)17-12-7-5-4-6-8-12/h4-11,17-18H,1-3H3. The minimum Gasteiger partial charge on any atom is -0.508 e. The molecule has 0 fully saturated rings. The van der Waals surface area contributed by atoms with Crippen LogP contribution in [-0.2, 0) is 5.41 Å². The molecule has 0 atom stereocenters. The van der Waals surface area contributed by atoms with E-state index in [4.69, 9.17) is 0 Å². The van der Waals surface area contributed by atoms with E-state index in [1.165, 1.54) is 0 Å². The minimum absolute atomic E-state index is 0.0710. The second-order valence-corrected chi connectivity index (χ2v) is 5.47. The fourth-order valence-electron chi connectivity index (χ4n) is 1.90. The summed E-state index contributed by atoms with van der Waals surface area (Å²) in [5.74, 6) is 0.348. The van der Waals surface area contributed by atoms with Gasteiger partial charge in [-0.3, -0.25) is 0 Å². The van der Waals surface area contributed by atoms with Crippen LogP contribution < -0.4 is 5.32 Å². The maximum Gasteiger partial charge on any atom is 0.119 e. The van der Waals surface area contributed by atoms with Crippen molar-refractivity contribution in [1.82, 2.24) is 0 Å². The first-order valence-electron chi connectivity index (χ1n) is 6.12. The summed E-state index contributed by atoms with van der Waals surface area (Å²) < 4.78 is 0. The van der Waals surface area contributed by atoms with Crippen LogP contribution in [0.2, 0.25) is 0 Å². The summed E-state index contributed by atoms with van der Waals surface area (Å²) in [4.78, 5) is 0. The first-order valence-corrected chi connectivity index (χ1v) is 6.12. The highest BCUT2D eigenvalue weighted by Gasteiger charge is 2.18. The largest absolute Gasteiger partial charge is 0.508 e. The monoisotopic (exact) mass is 241 g/mol. The van der Waals surface area contributed by atoms with Crippen molar-refractivity contribution >= 4 is 11.4 Å². The van der Waals surface area contributed by atoms with Crippen LogP contribution in [0.3, 0.4) is 0 Å². The van der Waals surface area contributed by atoms with E-state index in [1.807, 2.05) is 42.5 Å². The lowest BCUT2D eigenvalue weighted by Gasteiger charge is -2.21. The maximum absolute atomic E-state index is 9.91. The molecule has 18 heavy (non-hydrogen) atoms. The van der Waals surface area contributed by atoms with Gasteiger partial charge in [0.25, 0.3) is 0 Å². The molecular weight excluding hydrogens is 222 g/mol. The van der Waals surface area contributed by atoms with Crippen molar-refractivity contribution in [1.29, 1.82) is 0 Å². The second-order valence-electron chi connectivity index (χ2n) is 5.47. The van der Waals surface area contributed by atoms with Crippen LogP contribution in [0.15, 0.2) is 48.5 Å². The number of rotatable bonds is 2. The van der Waals surface area contributed by atoms with Crippen molar-refractivity contribution in [2.45, 2.75) is 26.2 Å². The molecule has 0 spiro atoms. The molecule has 2 rings (SSSR count). The maximum atomic E-state index is 9.91. The van der Waals surface area contributed by atoms with Crippen LogP contribution in [-0.4, -0.2) is 5.11 Å². The van der Waals surface area contributed by atoms with Crippen molar-refractivity contribution in [3.63, 3.8) is 0 Å². The summed E-state index contributed by atoms with van der Waals surface area (Å²) >= 11 is 0. The SMILES string of the molecule is CC(C)(C)c1cc(Nc2ccccc2)ccc1O. The van der Waals surface area contributed by atoms with E-state index in [-0.39, 0.29) is 5.41 Å². The summed E-state index contributed by atoms with van der Waals surface area (Å²) in [6, 6.07) is 15.6. The number of nitrogens with one attached hydrogen (secondary N) is 1. The summed E-state index contributed by atoms with van der Waals surface area (Å²) in [5, 5.41) is 13.2. The zero-order valence-electron chi connectivity index (χ0n) is 11.1. The molecule has 0 unspecified atom stereocenters. The van der Waals surface area contributed by atoms with Gasteiger partial charge in [-0.25, -0.2) is 0 Å². The quantitative estimate of drug-likeness (QED) is 0.762. The molecule has 0 bridgehead atoms. The van der Waals surface area contributed by atoms with Gasteiger partial charge in [-0.15, -0.1) is 0 Å². The van der Waals surface area contributed by atoms with E-state index in [0.717, 1.165) is 16.9 Å². The average molecular weight is 241 g/mol. The van der Waals surface area contributed by atoms with Crippen molar-refractivity contribution in [2.75, 3.05) is 5.32 Å². The number of aromatic hydroxyl groups is 1. The molecule has 2 nitrogen and oxygen atoms in total. The van der Waals surface area contributed by atoms with Gasteiger partial charge < -0.3 is 10.4 Å². The van der Waals surface area contributed by atoms with Crippen molar-refractivity contribution in [2.24, 2.45) is 0 Å². The molecule has 0 saturated carbocycles. The van der Waals surface area contributed by atoms with Crippen LogP contribution in [0, 0.1) is 0 Å². The highest BCUT2D eigenvalue weighted by molar-refractivity contribution is 5.62. The van der Waals surface area contributed by atoms with E-state index in [0.29, 0.717) is 5.75 Å². The Morgan fingerprint density at radius 2 is 1.56 bits per heavy atom. The molecule has 0 radical (unpaired) electrons. The Morgan fingerprint density at radius 1 is 0.889 bits per heavy atom. The number of hydrogen-bond donors (Lipinski definition) is 2. The summed E-state index contributed by atoms with van der Waals surface area (Å²) in [7, 11) is 0. The van der Waals surface area contributed by atoms with Crippen molar-refractivity contribution in [3.8, 4) is 5.75 Å². The summed E-state index contributed by atoms with van der Waals surface area (Å²) in [6.07, 6.45) is 0. The number of anilines is 2. The van der Waals surface area contributed by atoms with Gasteiger partial charge in [-0.2, -0.15) is 0 Å². The molecule has 0 saturated heterocycles. The van der Waals surface area contributed by atoms with E-state index in [1.54, 1.807) is 6.07 Å². The van der Waals surface area contributed by atoms with Gasteiger partial charge in [-0.05, 0) is 35.7 Å². The van der Waals surface area contributed by atoms with Crippen molar-refractivity contribution < 1.29 is 5.11 Å². The normalized spacial score (nSPS) is 11.3. The van der Waals surface area contributed by atoms with E-state index < -0.39 is 0 Å². The smallest absolute Gasteiger partial charge is 0.119 e. The fourth-order valence-corrected chi connectivity index (χ4v) is 1.90. The van der Waals surface area contributed by atoms with Gasteiger partial charge in [0.15, 0.2) is 0 Å². The molecule has 2 aromatic rings. The van der Waals surface area contributed by atoms with Gasteiger partial charge in [0.05, 0.1) is 0 Å². The Hall–Kier alpha value is -1.96. The van der Waals surface area contributed by atoms with Gasteiger partial charge in [0, 0.05) is 16.9 Å². The molecule has 0 aromatic heterocycles. The Balaban J connectivity index is 2.31. The molecule has 0 aliphatic rings. The predicted octanol–water partition coefficient (Wildman–Crippen LogP) is 4.43. The third-order valence-electron chi connectivity index (χ3n) is 2.87. The summed E-state index contributed by atoms with van der Waals surface area (Å²) in [5.41, 5.74) is 2.91. The summed E-state index contributed by atoms with van der Waals surface area (Å²) in [6.45, 7) is 6.27. The zero-order valence-corrected chi connectivity index (χ0v) is 11.1. The second kappa shape index (κ2) is 4.73. The van der Waals surface area contributed by atoms with E-state index in [9.17, 15) is 5.11 Å². The molecule has 0 aliphatic carbocycles. The Labute approximate surface area is 108 Å². The molecular formula is C16H19NO. The fraction of sp³-hybridized carbons (Fsp3) is 0.250. The molecule has 0 heterocycles. The van der Waals surface area contributed by atoms with Crippen molar-refractivity contribution in [3.05, 3.63) is 54.1 Å². The number of hydrogen-bond acceptors (Lipinski definition) is 2. The number of para-hydroxylation sites is 1. The van der Waals surface area contributed by atoms with Crippen LogP contribution in [0.1, 0.15) is 26.3 Å². The highest BCUT2D eigenvalue weighted by Crippen LogP contribution is 2.33. The zero-order chi connectivity index (χ0) is 13.2. The van der Waals surface area contributed by atoms with Gasteiger partial charge in [0.2, 0.25) is 0 Å². The Kier molecular flexibility index (Phi) is 3.28. The molecule has 0 amide bonds. The molecule has 2 aromatic carbocycles. The average Bonchev–Trinajstić information content (AvgIpc) is 2.31. The number of benzene rings is 2. The first-order chi connectivity index (χ1) is 8.47. The molecule has 0 aliphatic heterocycles. The van der Waals surface area contributed by atoms with Crippen LogP contribution >= 0.6 is 0 Å². The van der Waals surface area contributed by atoms with E-state index in [2.05, 4.69) is 26.1 Å². The van der Waals surface area contributed by atoms with Gasteiger partial charge >= 0.3 is 0 Å². The van der Waals surface area contributed by atoms with Crippen LogP contribution in [0.4, 0.5) is 11.4 Å². The molecule has 2 heteroatoms. The first kappa shape index (κ1) is 12.5. The lowest BCUT2D eigenvalue weighted by Crippen LogP contribution is -2.11. The van der Waals surface area contributed by atoms with Crippen LogP contribution in [0.25, 0.3) is 0 Å². The number of phenols is 1. The molecule has 2 N–H and O–H groups in total. The van der Waals surface area contributed by atoms with Gasteiger partial charge in [-0.1, -0.05) is 39.0 Å². The highest BCUT2D eigenvalue weighted by atomic mass is 16.3. The van der Waals surface area contributed by atoms with E-state index >= 15 is 0 Å². The molecule has 94 valence electrons. The lowest BCUT2D eigenvalue weighted by atomic mass is 9.86. The minimum atomic E-state index is -0.0710.